The highest BCUT2D eigenvalue weighted by molar-refractivity contribution is 7.26. The monoisotopic (exact) mass is 509 g/mol. The SMILES string of the molecule is c1ccc2c(c1)oc1cc(-c3cccc4c3sc3cc(-c5cc(C6CCCCC6)ccn5)ccc34)ccc12. The maximum absolute atomic E-state index is 6.20. The number of furan rings is 1. The second-order valence-electron chi connectivity index (χ2n) is 10.6. The Morgan fingerprint density at radius 2 is 1.47 bits per heavy atom. The molecule has 184 valence electrons. The van der Waals surface area contributed by atoms with Crippen molar-refractivity contribution in [3.05, 3.63) is 103 Å². The number of hydrogen-bond acceptors (Lipinski definition) is 3. The molecular formula is C35H27NOS. The van der Waals surface area contributed by atoms with Crippen molar-refractivity contribution in [1.29, 1.82) is 0 Å². The molecule has 0 unspecified atom stereocenters. The van der Waals surface area contributed by atoms with E-state index < -0.39 is 0 Å². The Morgan fingerprint density at radius 1 is 0.658 bits per heavy atom. The van der Waals surface area contributed by atoms with Crippen molar-refractivity contribution in [1.82, 2.24) is 4.98 Å². The van der Waals surface area contributed by atoms with Gasteiger partial charge in [0.2, 0.25) is 0 Å². The first kappa shape index (κ1) is 22.1. The van der Waals surface area contributed by atoms with Crippen molar-refractivity contribution in [2.24, 2.45) is 0 Å². The van der Waals surface area contributed by atoms with Crippen molar-refractivity contribution in [2.45, 2.75) is 38.0 Å². The van der Waals surface area contributed by atoms with E-state index in [9.17, 15) is 0 Å². The Balaban J connectivity index is 1.23. The lowest BCUT2D eigenvalue weighted by Crippen LogP contribution is -2.04. The van der Waals surface area contributed by atoms with Crippen molar-refractivity contribution in [2.75, 3.05) is 0 Å². The van der Waals surface area contributed by atoms with E-state index in [-0.39, 0.29) is 0 Å². The van der Waals surface area contributed by atoms with Crippen LogP contribution in [0.2, 0.25) is 0 Å². The van der Waals surface area contributed by atoms with Crippen LogP contribution >= 0.6 is 11.3 Å². The highest BCUT2D eigenvalue weighted by Gasteiger charge is 2.17. The topological polar surface area (TPSA) is 26.0 Å². The Bertz CT molecular complexity index is 1970. The number of benzene rings is 4. The van der Waals surface area contributed by atoms with Crippen LogP contribution < -0.4 is 0 Å². The van der Waals surface area contributed by atoms with Gasteiger partial charge in [0.1, 0.15) is 11.2 Å². The average molecular weight is 510 g/mol. The molecule has 1 aliphatic carbocycles. The fourth-order valence-electron chi connectivity index (χ4n) is 6.37. The summed E-state index contributed by atoms with van der Waals surface area (Å²) in [5, 5.41) is 4.95. The molecular weight excluding hydrogens is 482 g/mol. The average Bonchev–Trinajstić information content (AvgIpc) is 3.55. The second-order valence-corrected chi connectivity index (χ2v) is 11.7. The van der Waals surface area contributed by atoms with Crippen LogP contribution in [-0.2, 0) is 0 Å². The zero-order valence-electron chi connectivity index (χ0n) is 21.1. The molecule has 1 saturated carbocycles. The summed E-state index contributed by atoms with van der Waals surface area (Å²) in [6.07, 6.45) is 8.69. The molecule has 0 atom stereocenters. The minimum Gasteiger partial charge on any atom is -0.456 e. The van der Waals surface area contributed by atoms with Gasteiger partial charge in [0, 0.05) is 42.7 Å². The summed E-state index contributed by atoms with van der Waals surface area (Å²) >= 11 is 1.88. The van der Waals surface area contributed by atoms with Gasteiger partial charge in [-0.2, -0.15) is 0 Å². The van der Waals surface area contributed by atoms with E-state index in [4.69, 9.17) is 9.40 Å². The Labute approximate surface area is 225 Å². The predicted octanol–water partition coefficient (Wildman–Crippen LogP) is 10.7. The van der Waals surface area contributed by atoms with Gasteiger partial charge in [-0.25, -0.2) is 0 Å². The molecule has 8 rings (SSSR count). The lowest BCUT2D eigenvalue weighted by atomic mass is 9.84. The summed E-state index contributed by atoms with van der Waals surface area (Å²) in [5.74, 6) is 0.685. The summed E-state index contributed by atoms with van der Waals surface area (Å²) in [4.78, 5) is 4.77. The fraction of sp³-hybridized carbons (Fsp3) is 0.171. The quantitative estimate of drug-likeness (QED) is 0.237. The molecule has 0 bridgehead atoms. The number of pyridine rings is 1. The first-order valence-corrected chi connectivity index (χ1v) is 14.5. The lowest BCUT2D eigenvalue weighted by molar-refractivity contribution is 0.443. The second kappa shape index (κ2) is 8.82. The smallest absolute Gasteiger partial charge is 0.136 e. The number of nitrogens with zero attached hydrogens (tertiary/aromatic N) is 1. The molecule has 0 radical (unpaired) electrons. The van der Waals surface area contributed by atoms with E-state index in [2.05, 4.69) is 78.9 Å². The third-order valence-corrected chi connectivity index (χ3v) is 9.55. The molecule has 0 N–H and O–H groups in total. The Kier molecular flexibility index (Phi) is 5.12. The van der Waals surface area contributed by atoms with Crippen LogP contribution in [0.5, 0.6) is 0 Å². The number of fused-ring (bicyclic) bond motifs is 6. The molecule has 3 aromatic heterocycles. The molecule has 0 spiro atoms. The number of para-hydroxylation sites is 1. The van der Waals surface area contributed by atoms with Gasteiger partial charge in [0.15, 0.2) is 0 Å². The molecule has 2 nitrogen and oxygen atoms in total. The number of rotatable bonds is 3. The molecule has 0 aliphatic heterocycles. The lowest BCUT2D eigenvalue weighted by Gasteiger charge is -2.22. The molecule has 1 aliphatic rings. The molecule has 7 aromatic rings. The van der Waals surface area contributed by atoms with Crippen molar-refractivity contribution in [3.8, 4) is 22.4 Å². The van der Waals surface area contributed by atoms with Crippen LogP contribution in [0, 0.1) is 0 Å². The van der Waals surface area contributed by atoms with Gasteiger partial charge in [-0.05, 0) is 71.8 Å². The van der Waals surface area contributed by atoms with Gasteiger partial charge in [-0.3, -0.25) is 4.98 Å². The minimum atomic E-state index is 0.685. The minimum absolute atomic E-state index is 0.685. The highest BCUT2D eigenvalue weighted by Crippen LogP contribution is 2.42. The van der Waals surface area contributed by atoms with Gasteiger partial charge in [0.05, 0.1) is 5.69 Å². The maximum Gasteiger partial charge on any atom is 0.136 e. The van der Waals surface area contributed by atoms with Crippen LogP contribution in [0.15, 0.2) is 102 Å². The third kappa shape index (κ3) is 3.57. The molecule has 1 fully saturated rings. The van der Waals surface area contributed by atoms with E-state index in [0.717, 1.165) is 16.9 Å². The predicted molar refractivity (Wildman–Crippen MR) is 161 cm³/mol. The van der Waals surface area contributed by atoms with E-state index >= 15 is 0 Å². The first-order chi connectivity index (χ1) is 18.8. The molecule has 4 aromatic carbocycles. The number of thiophene rings is 1. The van der Waals surface area contributed by atoms with Gasteiger partial charge in [-0.1, -0.05) is 73.9 Å². The fourth-order valence-corrected chi connectivity index (χ4v) is 7.65. The molecule has 38 heavy (non-hydrogen) atoms. The van der Waals surface area contributed by atoms with Crippen molar-refractivity contribution >= 4 is 53.4 Å². The Hall–Kier alpha value is -3.95. The van der Waals surface area contributed by atoms with Crippen molar-refractivity contribution < 1.29 is 4.42 Å². The summed E-state index contributed by atoms with van der Waals surface area (Å²) in [7, 11) is 0. The summed E-state index contributed by atoms with van der Waals surface area (Å²) in [6, 6.07) is 33.0. The van der Waals surface area contributed by atoms with Gasteiger partial charge >= 0.3 is 0 Å². The molecule has 3 heteroatoms. The van der Waals surface area contributed by atoms with Gasteiger partial charge < -0.3 is 4.42 Å². The molecule has 0 saturated heterocycles. The van der Waals surface area contributed by atoms with Crippen LogP contribution in [0.25, 0.3) is 64.5 Å². The van der Waals surface area contributed by atoms with Gasteiger partial charge in [-0.15, -0.1) is 11.3 Å². The van der Waals surface area contributed by atoms with Gasteiger partial charge in [0.25, 0.3) is 0 Å². The van der Waals surface area contributed by atoms with E-state index in [1.807, 2.05) is 29.7 Å². The van der Waals surface area contributed by atoms with Crippen LogP contribution in [0.3, 0.4) is 0 Å². The zero-order chi connectivity index (χ0) is 25.1. The third-order valence-electron chi connectivity index (χ3n) is 8.34. The standard InChI is InChI=1S/C35H27NOS/c1-2-7-22(8-3-1)23-17-18-36-31(19-23)25-14-16-29-30-11-6-10-26(35(30)38-34(29)21-25)24-13-15-28-27-9-4-5-12-32(27)37-33(28)20-24/h4-6,9-22H,1-3,7-8H2. The van der Waals surface area contributed by atoms with Crippen LogP contribution in [0.1, 0.15) is 43.6 Å². The summed E-state index contributed by atoms with van der Waals surface area (Å²) in [5.41, 5.74) is 8.06. The van der Waals surface area contributed by atoms with E-state index in [0.29, 0.717) is 5.92 Å². The number of aromatic nitrogens is 1. The largest absolute Gasteiger partial charge is 0.456 e. The number of hydrogen-bond donors (Lipinski definition) is 0. The van der Waals surface area contributed by atoms with E-state index in [1.165, 1.54) is 85.3 Å². The highest BCUT2D eigenvalue weighted by atomic mass is 32.1. The Morgan fingerprint density at radius 3 is 2.42 bits per heavy atom. The zero-order valence-corrected chi connectivity index (χ0v) is 21.9. The molecule has 3 heterocycles. The summed E-state index contributed by atoms with van der Waals surface area (Å²) < 4.78 is 8.82. The van der Waals surface area contributed by atoms with Crippen molar-refractivity contribution in [3.63, 3.8) is 0 Å². The van der Waals surface area contributed by atoms with Crippen LogP contribution in [-0.4, -0.2) is 4.98 Å². The maximum atomic E-state index is 6.20. The first-order valence-electron chi connectivity index (χ1n) is 13.7. The van der Waals surface area contributed by atoms with E-state index in [1.54, 1.807) is 0 Å². The summed E-state index contributed by atoms with van der Waals surface area (Å²) in [6.45, 7) is 0. The molecule has 0 amide bonds. The normalized spacial score (nSPS) is 14.7. The van der Waals surface area contributed by atoms with Crippen LogP contribution in [0.4, 0.5) is 0 Å².